The van der Waals surface area contributed by atoms with E-state index in [1.54, 1.807) is 0 Å². The fourth-order valence-corrected chi connectivity index (χ4v) is 7.38. The molecule has 2 aliphatic rings. The number of hydrogen-bond acceptors (Lipinski definition) is 2. The Labute approximate surface area is 270 Å². The molecule has 3 heteroatoms. The third-order valence-corrected chi connectivity index (χ3v) is 9.53. The summed E-state index contributed by atoms with van der Waals surface area (Å²) >= 11 is 0. The summed E-state index contributed by atoms with van der Waals surface area (Å²) in [4.78, 5) is 4.91. The van der Waals surface area contributed by atoms with Crippen LogP contribution in [0.3, 0.4) is 0 Å². The maximum Gasteiger partial charge on any atom is 0.252 e. The Hall–Kier alpha value is -5.80. The first-order valence-electron chi connectivity index (χ1n) is 16.0. The number of aryl methyl sites for hydroxylation is 1. The topological polar surface area (TPSA) is 6.48 Å². The zero-order valence-corrected chi connectivity index (χ0v) is 25.6. The molecule has 2 nitrogen and oxygen atoms in total. The maximum absolute atomic E-state index is 2.46. The molecule has 7 aromatic rings. The Kier molecular flexibility index (Phi) is 6.17. The minimum atomic E-state index is 0.0996. The number of para-hydroxylation sites is 2. The Morgan fingerprint density at radius 3 is 1.59 bits per heavy atom. The molecule has 2 heterocycles. The fraction of sp³-hybridized carbons (Fsp3) is 0.0233. The van der Waals surface area contributed by atoms with Crippen molar-refractivity contribution in [2.45, 2.75) is 6.92 Å². The quantitative estimate of drug-likeness (QED) is 0.190. The molecule has 0 aromatic heterocycles. The maximum atomic E-state index is 2.46. The van der Waals surface area contributed by atoms with E-state index in [1.165, 1.54) is 67.0 Å². The third-order valence-electron chi connectivity index (χ3n) is 9.53. The van der Waals surface area contributed by atoms with Gasteiger partial charge in [-0.2, -0.15) is 0 Å². The van der Waals surface area contributed by atoms with Crippen LogP contribution in [0.15, 0.2) is 170 Å². The second kappa shape index (κ2) is 10.7. The van der Waals surface area contributed by atoms with E-state index in [0.29, 0.717) is 0 Å². The van der Waals surface area contributed by atoms with Gasteiger partial charge in [-0.1, -0.05) is 127 Å². The summed E-state index contributed by atoms with van der Waals surface area (Å²) in [7, 11) is 0. The highest BCUT2D eigenvalue weighted by atomic mass is 15.2. The molecule has 9 rings (SSSR count). The monoisotopic (exact) mass is 586 g/mol. The Bertz CT molecular complexity index is 2210. The van der Waals surface area contributed by atoms with Gasteiger partial charge in [-0.15, -0.1) is 0 Å². The van der Waals surface area contributed by atoms with Gasteiger partial charge >= 0.3 is 0 Å². The smallest absolute Gasteiger partial charge is 0.252 e. The number of hydrogen-bond donors (Lipinski definition) is 0. The highest BCUT2D eigenvalue weighted by molar-refractivity contribution is 7.00. The van der Waals surface area contributed by atoms with Crippen molar-refractivity contribution in [3.63, 3.8) is 0 Å². The molecule has 0 saturated carbocycles. The first kappa shape index (κ1) is 26.6. The molecule has 0 amide bonds. The van der Waals surface area contributed by atoms with E-state index < -0.39 is 0 Å². The summed E-state index contributed by atoms with van der Waals surface area (Å²) in [5, 5.41) is 0. The predicted octanol–water partition coefficient (Wildman–Crippen LogP) is 9.41. The van der Waals surface area contributed by atoms with E-state index in [0.717, 1.165) is 11.4 Å². The molecule has 0 saturated heterocycles. The van der Waals surface area contributed by atoms with Gasteiger partial charge < -0.3 is 9.80 Å². The van der Waals surface area contributed by atoms with Crippen LogP contribution in [0.25, 0.3) is 22.3 Å². The summed E-state index contributed by atoms with van der Waals surface area (Å²) in [6, 6.07) is 62.1. The van der Waals surface area contributed by atoms with Crippen molar-refractivity contribution in [3.8, 4) is 22.3 Å². The molecular weight excluding hydrogens is 555 g/mol. The van der Waals surface area contributed by atoms with Crippen LogP contribution in [0, 0.1) is 6.92 Å². The second-order valence-electron chi connectivity index (χ2n) is 12.3. The van der Waals surface area contributed by atoms with Crippen LogP contribution >= 0.6 is 0 Å². The molecule has 0 radical (unpaired) electrons. The fourth-order valence-electron chi connectivity index (χ4n) is 7.38. The third kappa shape index (κ3) is 4.20. The van der Waals surface area contributed by atoms with Crippen LogP contribution < -0.4 is 26.2 Å². The molecule has 0 fully saturated rings. The standard InChI is InChI=1S/C43H31BN2/c1-30-19-21-33(22-20-30)34-25-28-40-38(29-34)44-37-15-8-9-16-39(37)46(36-26-23-32(24-27-36)31-11-4-2-5-12-31)42-18-10-17-41(43(42)44)45(40)35-13-6-3-7-14-35/h2-29H,1H3. The normalized spacial score (nSPS) is 12.8. The van der Waals surface area contributed by atoms with Gasteiger partial charge in [0, 0.05) is 34.1 Å². The van der Waals surface area contributed by atoms with Crippen LogP contribution in [0.5, 0.6) is 0 Å². The van der Waals surface area contributed by atoms with Crippen molar-refractivity contribution in [1.82, 2.24) is 0 Å². The summed E-state index contributed by atoms with van der Waals surface area (Å²) in [5.74, 6) is 0. The van der Waals surface area contributed by atoms with E-state index in [2.05, 4.69) is 187 Å². The van der Waals surface area contributed by atoms with Crippen molar-refractivity contribution < 1.29 is 0 Å². The highest BCUT2D eigenvalue weighted by Crippen LogP contribution is 2.44. The van der Waals surface area contributed by atoms with Crippen molar-refractivity contribution in [2.75, 3.05) is 9.80 Å². The lowest BCUT2D eigenvalue weighted by atomic mass is 9.33. The summed E-state index contributed by atoms with van der Waals surface area (Å²) in [5.41, 5.74) is 17.4. The van der Waals surface area contributed by atoms with Crippen molar-refractivity contribution in [2.24, 2.45) is 0 Å². The molecule has 216 valence electrons. The number of nitrogens with zero attached hydrogens (tertiary/aromatic N) is 2. The number of anilines is 6. The number of fused-ring (bicyclic) bond motifs is 4. The summed E-state index contributed by atoms with van der Waals surface area (Å²) in [6.07, 6.45) is 0. The zero-order valence-electron chi connectivity index (χ0n) is 25.6. The number of benzene rings is 7. The molecule has 46 heavy (non-hydrogen) atoms. The predicted molar refractivity (Wildman–Crippen MR) is 196 cm³/mol. The van der Waals surface area contributed by atoms with Crippen LogP contribution in [-0.4, -0.2) is 6.71 Å². The highest BCUT2D eigenvalue weighted by Gasteiger charge is 2.43. The largest absolute Gasteiger partial charge is 0.311 e. The van der Waals surface area contributed by atoms with Crippen LogP contribution in [0.4, 0.5) is 34.1 Å². The SMILES string of the molecule is Cc1ccc(-c2ccc3c(c2)B2c4ccccc4N(c4ccc(-c5ccccc5)cc4)c4cccc(c42)N3c2ccccc2)cc1. The number of rotatable bonds is 4. The van der Waals surface area contributed by atoms with Crippen molar-refractivity contribution >= 4 is 57.2 Å². The molecule has 0 bridgehead atoms. The molecule has 0 aliphatic carbocycles. The molecule has 0 atom stereocenters. The van der Waals surface area contributed by atoms with Gasteiger partial charge in [0.2, 0.25) is 0 Å². The van der Waals surface area contributed by atoms with E-state index in [1.807, 2.05) is 0 Å². The lowest BCUT2D eigenvalue weighted by Crippen LogP contribution is -2.61. The van der Waals surface area contributed by atoms with E-state index >= 15 is 0 Å². The van der Waals surface area contributed by atoms with E-state index in [4.69, 9.17) is 0 Å². The van der Waals surface area contributed by atoms with Crippen LogP contribution in [0.2, 0.25) is 0 Å². The first-order valence-corrected chi connectivity index (χ1v) is 16.0. The van der Waals surface area contributed by atoms with Gasteiger partial charge in [0.15, 0.2) is 0 Å². The molecule has 0 spiro atoms. The van der Waals surface area contributed by atoms with Crippen LogP contribution in [-0.2, 0) is 0 Å². The lowest BCUT2D eigenvalue weighted by molar-refractivity contribution is 1.25. The van der Waals surface area contributed by atoms with Gasteiger partial charge in [0.25, 0.3) is 6.71 Å². The summed E-state index contributed by atoms with van der Waals surface area (Å²) in [6.45, 7) is 2.25. The Balaban J connectivity index is 1.28. The van der Waals surface area contributed by atoms with Gasteiger partial charge in [-0.3, -0.25) is 0 Å². The van der Waals surface area contributed by atoms with E-state index in [9.17, 15) is 0 Å². The Morgan fingerprint density at radius 2 is 0.870 bits per heavy atom. The van der Waals surface area contributed by atoms with Gasteiger partial charge in [0.1, 0.15) is 0 Å². The molecule has 0 N–H and O–H groups in total. The molecule has 7 aromatic carbocycles. The second-order valence-corrected chi connectivity index (χ2v) is 12.3. The average molecular weight is 587 g/mol. The molecule has 0 unspecified atom stereocenters. The van der Waals surface area contributed by atoms with Gasteiger partial charge in [-0.25, -0.2) is 0 Å². The van der Waals surface area contributed by atoms with Gasteiger partial charge in [-0.05, 0) is 94.1 Å². The Morgan fingerprint density at radius 1 is 0.370 bits per heavy atom. The minimum Gasteiger partial charge on any atom is -0.311 e. The summed E-state index contributed by atoms with van der Waals surface area (Å²) < 4.78 is 0. The van der Waals surface area contributed by atoms with Gasteiger partial charge in [0.05, 0.1) is 0 Å². The molecular formula is C43H31BN2. The average Bonchev–Trinajstić information content (AvgIpc) is 3.12. The van der Waals surface area contributed by atoms with E-state index in [-0.39, 0.29) is 6.71 Å². The lowest BCUT2D eigenvalue weighted by Gasteiger charge is -2.44. The van der Waals surface area contributed by atoms with Crippen molar-refractivity contribution in [3.05, 3.63) is 175 Å². The van der Waals surface area contributed by atoms with Crippen molar-refractivity contribution in [1.29, 1.82) is 0 Å². The van der Waals surface area contributed by atoms with Crippen LogP contribution in [0.1, 0.15) is 5.56 Å². The minimum absolute atomic E-state index is 0.0996. The first-order chi connectivity index (χ1) is 22.7. The molecule has 2 aliphatic heterocycles. The zero-order chi connectivity index (χ0) is 30.6.